The van der Waals surface area contributed by atoms with Crippen molar-refractivity contribution in [1.82, 2.24) is 15.3 Å². The molecule has 222 valence electrons. The molecule has 3 N–H and O–H groups in total. The number of amides is 1. The highest BCUT2D eigenvalue weighted by Crippen LogP contribution is 2.43. The first-order valence-electron chi connectivity index (χ1n) is 13.5. The summed E-state index contributed by atoms with van der Waals surface area (Å²) in [5.41, 5.74) is 4.30. The van der Waals surface area contributed by atoms with Gasteiger partial charge in [-0.1, -0.05) is 41.4 Å². The van der Waals surface area contributed by atoms with E-state index in [9.17, 15) is 14.7 Å². The molecule has 0 bridgehead atoms. The minimum Gasteiger partial charge on any atom is -0.496 e. The van der Waals surface area contributed by atoms with E-state index < -0.39 is 17.9 Å². The summed E-state index contributed by atoms with van der Waals surface area (Å²) >= 11 is 12.9. The molecule has 11 heteroatoms. The van der Waals surface area contributed by atoms with Crippen molar-refractivity contribution in [2.45, 2.75) is 26.0 Å². The van der Waals surface area contributed by atoms with Gasteiger partial charge in [-0.2, -0.15) is 0 Å². The number of H-pyrrole nitrogens is 1. The molecule has 3 aromatic carbocycles. The van der Waals surface area contributed by atoms with Gasteiger partial charge in [-0.3, -0.25) is 9.78 Å². The second-order valence-corrected chi connectivity index (χ2v) is 10.5. The lowest BCUT2D eigenvalue weighted by atomic mass is 9.93. The Morgan fingerprint density at radius 1 is 1.05 bits per heavy atom. The third kappa shape index (κ3) is 5.97. The van der Waals surface area contributed by atoms with E-state index in [4.69, 9.17) is 37.4 Å². The number of pyridine rings is 1. The number of carboxylic acid groups (broad SMARTS) is 1. The predicted octanol–water partition coefficient (Wildman–Crippen LogP) is 6.67. The quantitative estimate of drug-likeness (QED) is 0.150. The number of hydrogen-bond donors (Lipinski definition) is 3. The van der Waals surface area contributed by atoms with E-state index in [1.54, 1.807) is 44.8 Å². The molecule has 0 aliphatic rings. The Hall–Kier alpha value is -4.31. The Kier molecular flexibility index (Phi) is 9.05. The van der Waals surface area contributed by atoms with Gasteiger partial charge in [0.1, 0.15) is 17.5 Å². The number of fused-ring (bicyclic) bond motifs is 2. The number of carbonyl (C=O) groups is 2. The summed E-state index contributed by atoms with van der Waals surface area (Å²) in [4.78, 5) is 33.3. The third-order valence-corrected chi connectivity index (χ3v) is 7.86. The summed E-state index contributed by atoms with van der Waals surface area (Å²) in [5.74, 6) is -0.737. The van der Waals surface area contributed by atoms with Crippen LogP contribution in [0.3, 0.4) is 0 Å². The Balaban J connectivity index is 1.52. The molecule has 43 heavy (non-hydrogen) atoms. The summed E-state index contributed by atoms with van der Waals surface area (Å²) < 4.78 is 17.1. The summed E-state index contributed by atoms with van der Waals surface area (Å²) in [5, 5.41) is 14.3. The molecule has 0 unspecified atom stereocenters. The van der Waals surface area contributed by atoms with Crippen LogP contribution in [0.4, 0.5) is 0 Å². The van der Waals surface area contributed by atoms with Crippen molar-refractivity contribution in [3.05, 3.63) is 87.7 Å². The summed E-state index contributed by atoms with van der Waals surface area (Å²) in [6.07, 6.45) is 3.32. The van der Waals surface area contributed by atoms with Crippen LogP contribution in [0.15, 0.2) is 60.9 Å². The topological polar surface area (TPSA) is 123 Å². The molecular formula is C32H29Cl2N3O6. The van der Waals surface area contributed by atoms with Gasteiger partial charge in [0.05, 0.1) is 47.5 Å². The first kappa shape index (κ1) is 30.2. The second kappa shape index (κ2) is 12.9. The van der Waals surface area contributed by atoms with Crippen LogP contribution in [0.1, 0.15) is 28.4 Å². The number of aliphatic carboxylic acids is 1. The molecular weight excluding hydrogens is 593 g/mol. The molecule has 2 heterocycles. The molecule has 9 nitrogen and oxygen atoms in total. The maximum absolute atomic E-state index is 13.3. The standard InChI is InChI=1S/C32H29Cl2N3O6/c1-4-43-16-17-12-25(41-2)27(26(13-17)42-3)21-8-7-18(19-6-5-10-36-30(19)21)14-24(32(39)40)37-31(38)28-22(33)15-23-20(29(28)34)9-11-35-23/h5-13,15,24,35H,4,14,16H2,1-3H3,(H,37,38)(H,39,40)/t24-/m0/s1. The Morgan fingerprint density at radius 2 is 1.79 bits per heavy atom. The number of halogens is 2. The number of methoxy groups -OCH3 is 2. The van der Waals surface area contributed by atoms with Crippen molar-refractivity contribution in [3.8, 4) is 22.6 Å². The molecule has 5 aromatic rings. The van der Waals surface area contributed by atoms with Gasteiger partial charge in [-0.15, -0.1) is 0 Å². The number of ether oxygens (including phenoxy) is 3. The summed E-state index contributed by atoms with van der Waals surface area (Å²) in [6.45, 7) is 2.90. The van der Waals surface area contributed by atoms with Crippen molar-refractivity contribution in [2.24, 2.45) is 0 Å². The fraction of sp³-hybridized carbons (Fsp3) is 0.219. The molecule has 1 amide bonds. The minimum absolute atomic E-state index is 0.00975. The van der Waals surface area contributed by atoms with E-state index in [1.807, 2.05) is 37.3 Å². The molecule has 0 saturated heterocycles. The minimum atomic E-state index is -1.28. The van der Waals surface area contributed by atoms with Crippen molar-refractivity contribution in [1.29, 1.82) is 0 Å². The van der Waals surface area contributed by atoms with Crippen LogP contribution in [0, 0.1) is 0 Å². The lowest BCUT2D eigenvalue weighted by Gasteiger charge is -2.19. The largest absolute Gasteiger partial charge is 0.496 e. The molecule has 0 fully saturated rings. The van der Waals surface area contributed by atoms with Crippen molar-refractivity contribution >= 4 is 56.9 Å². The number of aromatic amines is 1. The fourth-order valence-electron chi connectivity index (χ4n) is 5.14. The van der Waals surface area contributed by atoms with Crippen molar-refractivity contribution in [2.75, 3.05) is 20.8 Å². The number of aromatic nitrogens is 2. The Labute approximate surface area is 257 Å². The van der Waals surface area contributed by atoms with Crippen LogP contribution in [-0.2, 0) is 22.6 Å². The maximum Gasteiger partial charge on any atom is 0.326 e. The van der Waals surface area contributed by atoms with Gasteiger partial charge in [0.25, 0.3) is 5.91 Å². The van der Waals surface area contributed by atoms with E-state index in [2.05, 4.69) is 15.3 Å². The van der Waals surface area contributed by atoms with E-state index in [0.29, 0.717) is 57.6 Å². The highest BCUT2D eigenvalue weighted by molar-refractivity contribution is 6.43. The molecule has 0 aliphatic carbocycles. The molecule has 1 atom stereocenters. The van der Waals surface area contributed by atoms with E-state index >= 15 is 0 Å². The number of carbonyl (C=O) groups excluding carboxylic acids is 1. The van der Waals surface area contributed by atoms with Gasteiger partial charge in [-0.05, 0) is 48.4 Å². The smallest absolute Gasteiger partial charge is 0.326 e. The summed E-state index contributed by atoms with van der Waals surface area (Å²) in [7, 11) is 3.17. The van der Waals surface area contributed by atoms with E-state index in [-0.39, 0.29) is 22.0 Å². The van der Waals surface area contributed by atoms with Crippen molar-refractivity contribution < 1.29 is 28.9 Å². The second-order valence-electron chi connectivity index (χ2n) is 9.74. The van der Waals surface area contributed by atoms with Crippen LogP contribution in [0.25, 0.3) is 32.9 Å². The van der Waals surface area contributed by atoms with Crippen LogP contribution in [0.2, 0.25) is 10.0 Å². The van der Waals surface area contributed by atoms with Gasteiger partial charge in [0.15, 0.2) is 0 Å². The first-order chi connectivity index (χ1) is 20.8. The number of nitrogens with zero attached hydrogens (tertiary/aromatic N) is 1. The maximum atomic E-state index is 13.3. The zero-order valence-electron chi connectivity index (χ0n) is 23.7. The zero-order valence-corrected chi connectivity index (χ0v) is 25.2. The fourth-order valence-corrected chi connectivity index (χ4v) is 5.83. The number of rotatable bonds is 11. The lowest BCUT2D eigenvalue weighted by Crippen LogP contribution is -2.42. The average Bonchev–Trinajstić information content (AvgIpc) is 3.48. The summed E-state index contributed by atoms with van der Waals surface area (Å²) in [6, 6.07) is 13.1. The normalized spacial score (nSPS) is 11.9. The van der Waals surface area contributed by atoms with E-state index in [0.717, 1.165) is 11.1 Å². The van der Waals surface area contributed by atoms with Crippen LogP contribution in [-0.4, -0.2) is 53.8 Å². The number of hydrogen-bond acceptors (Lipinski definition) is 6. The van der Waals surface area contributed by atoms with Crippen LogP contribution in [0.5, 0.6) is 11.5 Å². The van der Waals surface area contributed by atoms with Crippen molar-refractivity contribution in [3.63, 3.8) is 0 Å². The van der Waals surface area contributed by atoms with Crippen LogP contribution < -0.4 is 14.8 Å². The lowest BCUT2D eigenvalue weighted by molar-refractivity contribution is -0.139. The third-order valence-electron chi connectivity index (χ3n) is 7.17. The first-order valence-corrected chi connectivity index (χ1v) is 14.2. The molecule has 0 aliphatic heterocycles. The number of benzene rings is 3. The van der Waals surface area contributed by atoms with Gasteiger partial charge < -0.3 is 29.6 Å². The average molecular weight is 623 g/mol. The predicted molar refractivity (Wildman–Crippen MR) is 167 cm³/mol. The SMILES string of the molecule is CCOCc1cc(OC)c(-c2ccc(C[C@H](NC(=O)c3c(Cl)cc4[nH]ccc4c3Cl)C(=O)O)c3cccnc23)c(OC)c1. The molecule has 5 rings (SSSR count). The van der Waals surface area contributed by atoms with Gasteiger partial charge in [0, 0.05) is 47.3 Å². The molecule has 0 saturated carbocycles. The monoisotopic (exact) mass is 621 g/mol. The molecule has 0 radical (unpaired) electrons. The Bertz CT molecular complexity index is 1810. The van der Waals surface area contributed by atoms with Gasteiger partial charge >= 0.3 is 5.97 Å². The van der Waals surface area contributed by atoms with Gasteiger partial charge in [0.2, 0.25) is 0 Å². The molecule has 0 spiro atoms. The van der Waals surface area contributed by atoms with Crippen LogP contribution >= 0.6 is 23.2 Å². The van der Waals surface area contributed by atoms with E-state index in [1.165, 1.54) is 0 Å². The number of nitrogens with one attached hydrogen (secondary N) is 2. The zero-order chi connectivity index (χ0) is 30.7. The Morgan fingerprint density at radius 3 is 2.47 bits per heavy atom. The number of carboxylic acids is 1. The van der Waals surface area contributed by atoms with Gasteiger partial charge in [-0.25, -0.2) is 4.79 Å². The highest BCUT2D eigenvalue weighted by atomic mass is 35.5. The highest BCUT2D eigenvalue weighted by Gasteiger charge is 2.27. The molecule has 2 aromatic heterocycles.